The summed E-state index contributed by atoms with van der Waals surface area (Å²) in [4.78, 5) is 23.7. The van der Waals surface area contributed by atoms with Crippen LogP contribution in [0.1, 0.15) is 13.3 Å². The number of hydrogen-bond acceptors (Lipinski definition) is 4. The first kappa shape index (κ1) is 16.5. The van der Waals surface area contributed by atoms with Crippen molar-refractivity contribution in [1.29, 1.82) is 0 Å². The van der Waals surface area contributed by atoms with Crippen LogP contribution in [0.4, 0.5) is 13.2 Å². The molecule has 1 rings (SSSR count). The van der Waals surface area contributed by atoms with Crippen LogP contribution in [-0.4, -0.2) is 56.2 Å². The van der Waals surface area contributed by atoms with Crippen molar-refractivity contribution in [3.05, 3.63) is 11.1 Å². The third-order valence-corrected chi connectivity index (χ3v) is 3.00. The Morgan fingerprint density at radius 3 is 2.35 bits per heavy atom. The normalized spacial score (nSPS) is 14.6. The molecule has 0 aromatic carbocycles. The summed E-state index contributed by atoms with van der Waals surface area (Å²) in [7, 11) is 1.14. The molecule has 8 heteroatoms. The van der Waals surface area contributed by atoms with Gasteiger partial charge in [-0.2, -0.15) is 13.2 Å². The highest BCUT2D eigenvalue weighted by molar-refractivity contribution is 5.94. The van der Waals surface area contributed by atoms with Gasteiger partial charge in [0, 0.05) is 25.2 Å². The molecular weight excluding hydrogens is 277 g/mol. The van der Waals surface area contributed by atoms with Gasteiger partial charge in [0.2, 0.25) is 5.91 Å². The number of hydrogen-bond donors (Lipinski definition) is 1. The van der Waals surface area contributed by atoms with E-state index in [1.54, 1.807) is 0 Å². The molecule has 114 valence electrons. The van der Waals surface area contributed by atoms with Crippen LogP contribution in [0.25, 0.3) is 0 Å². The van der Waals surface area contributed by atoms with Gasteiger partial charge in [-0.1, -0.05) is 0 Å². The van der Waals surface area contributed by atoms with Gasteiger partial charge in [0.1, 0.15) is 6.54 Å². The standard InChI is InChI=1S/C12H17F3N2O3/c1-8(9-5-16-6-9)11(19)17(7-12(13,14)15)4-3-10(18)20-2/h16H,3-7H2,1-2H3. The largest absolute Gasteiger partial charge is 0.469 e. The average Bonchev–Trinajstić information content (AvgIpc) is 2.29. The van der Waals surface area contributed by atoms with Crippen molar-refractivity contribution in [3.63, 3.8) is 0 Å². The van der Waals surface area contributed by atoms with Crippen LogP contribution in [-0.2, 0) is 14.3 Å². The Hall–Kier alpha value is -1.57. The van der Waals surface area contributed by atoms with Crippen LogP contribution in [0, 0.1) is 0 Å². The van der Waals surface area contributed by atoms with Gasteiger partial charge in [0.05, 0.1) is 13.5 Å². The molecule has 0 aliphatic carbocycles. The minimum atomic E-state index is -4.51. The number of carbonyl (C=O) groups is 2. The van der Waals surface area contributed by atoms with Crippen molar-refractivity contribution in [1.82, 2.24) is 10.2 Å². The zero-order chi connectivity index (χ0) is 15.3. The van der Waals surface area contributed by atoms with Gasteiger partial charge in [0.15, 0.2) is 0 Å². The summed E-state index contributed by atoms with van der Waals surface area (Å²) in [5.74, 6) is -1.34. The van der Waals surface area contributed by atoms with E-state index < -0.39 is 24.6 Å². The fourth-order valence-electron chi connectivity index (χ4n) is 1.70. The zero-order valence-corrected chi connectivity index (χ0v) is 11.3. The Balaban J connectivity index is 2.75. The number of halogens is 3. The number of nitrogens with zero attached hydrogens (tertiary/aromatic N) is 1. The van der Waals surface area contributed by atoms with Crippen molar-refractivity contribution >= 4 is 11.9 Å². The highest BCUT2D eigenvalue weighted by atomic mass is 19.4. The van der Waals surface area contributed by atoms with Gasteiger partial charge >= 0.3 is 12.1 Å². The maximum absolute atomic E-state index is 12.5. The monoisotopic (exact) mass is 294 g/mol. The van der Waals surface area contributed by atoms with Crippen LogP contribution in [0.2, 0.25) is 0 Å². The summed E-state index contributed by atoms with van der Waals surface area (Å²) in [5, 5.41) is 2.92. The number of esters is 1. The first-order chi connectivity index (χ1) is 9.24. The number of carbonyl (C=O) groups excluding carboxylic acids is 2. The SMILES string of the molecule is COC(=O)CCN(CC(F)(F)F)C(=O)C(C)=C1CNC1. The Labute approximate surface area is 114 Å². The lowest BCUT2D eigenvalue weighted by molar-refractivity contribution is -0.160. The van der Waals surface area contributed by atoms with E-state index in [-0.39, 0.29) is 13.0 Å². The predicted octanol–water partition coefficient (Wildman–Crippen LogP) is 0.860. The van der Waals surface area contributed by atoms with Gasteiger partial charge in [-0.05, 0) is 12.5 Å². The van der Waals surface area contributed by atoms with Gasteiger partial charge in [0.25, 0.3) is 0 Å². The van der Waals surface area contributed by atoms with Crippen LogP contribution < -0.4 is 5.32 Å². The number of rotatable bonds is 5. The second kappa shape index (κ2) is 6.74. The van der Waals surface area contributed by atoms with Crippen LogP contribution in [0.15, 0.2) is 11.1 Å². The van der Waals surface area contributed by atoms with Crippen molar-refractivity contribution in [2.24, 2.45) is 0 Å². The lowest BCUT2D eigenvalue weighted by Crippen LogP contribution is -2.43. The fourth-order valence-corrected chi connectivity index (χ4v) is 1.70. The first-order valence-electron chi connectivity index (χ1n) is 6.06. The summed E-state index contributed by atoms with van der Waals surface area (Å²) < 4.78 is 41.9. The Bertz CT molecular complexity index is 413. The molecule has 1 saturated heterocycles. The number of amides is 1. The molecule has 1 fully saturated rings. The molecule has 1 amide bonds. The second-order valence-electron chi connectivity index (χ2n) is 4.50. The maximum atomic E-state index is 12.5. The number of methoxy groups -OCH3 is 1. The van der Waals surface area contributed by atoms with E-state index >= 15 is 0 Å². The van der Waals surface area contributed by atoms with Crippen molar-refractivity contribution in [3.8, 4) is 0 Å². The number of nitrogens with one attached hydrogen (secondary N) is 1. The minimum Gasteiger partial charge on any atom is -0.469 e. The van der Waals surface area contributed by atoms with Gasteiger partial charge in [-0.3, -0.25) is 9.59 Å². The average molecular weight is 294 g/mol. The molecule has 0 saturated carbocycles. The lowest BCUT2D eigenvalue weighted by Gasteiger charge is -2.27. The Morgan fingerprint density at radius 2 is 1.95 bits per heavy atom. The van der Waals surface area contributed by atoms with Gasteiger partial charge < -0.3 is 15.0 Å². The molecule has 0 unspecified atom stereocenters. The molecule has 0 aromatic heterocycles. The highest BCUT2D eigenvalue weighted by Gasteiger charge is 2.34. The molecule has 0 radical (unpaired) electrons. The highest BCUT2D eigenvalue weighted by Crippen LogP contribution is 2.19. The Morgan fingerprint density at radius 1 is 1.35 bits per heavy atom. The van der Waals surface area contributed by atoms with Crippen LogP contribution in [0.5, 0.6) is 0 Å². The van der Waals surface area contributed by atoms with Crippen molar-refractivity contribution in [2.75, 3.05) is 33.3 Å². The summed E-state index contributed by atoms with van der Waals surface area (Å²) in [6.07, 6.45) is -4.77. The van der Waals surface area contributed by atoms with E-state index in [2.05, 4.69) is 10.1 Å². The molecule has 0 spiro atoms. The molecule has 0 atom stereocenters. The molecule has 5 nitrogen and oxygen atoms in total. The van der Waals surface area contributed by atoms with Crippen LogP contribution in [0.3, 0.4) is 0 Å². The number of alkyl halides is 3. The topological polar surface area (TPSA) is 58.6 Å². The van der Waals surface area contributed by atoms with E-state index in [1.165, 1.54) is 6.92 Å². The lowest BCUT2D eigenvalue weighted by atomic mass is 10.0. The summed E-state index contributed by atoms with van der Waals surface area (Å²) in [6, 6.07) is 0. The second-order valence-corrected chi connectivity index (χ2v) is 4.50. The van der Waals surface area contributed by atoms with Gasteiger partial charge in [-0.15, -0.1) is 0 Å². The fraction of sp³-hybridized carbons (Fsp3) is 0.667. The molecule has 20 heavy (non-hydrogen) atoms. The number of ether oxygens (including phenoxy) is 1. The van der Waals surface area contributed by atoms with E-state index in [9.17, 15) is 22.8 Å². The molecule has 1 aliphatic rings. The quantitative estimate of drug-likeness (QED) is 0.603. The molecular formula is C12H17F3N2O3. The van der Waals surface area contributed by atoms with E-state index in [1.807, 2.05) is 0 Å². The van der Waals surface area contributed by atoms with Gasteiger partial charge in [-0.25, -0.2) is 0 Å². The Kier molecular flexibility index (Phi) is 5.55. The maximum Gasteiger partial charge on any atom is 0.406 e. The predicted molar refractivity (Wildman–Crippen MR) is 64.8 cm³/mol. The van der Waals surface area contributed by atoms with Crippen LogP contribution >= 0.6 is 0 Å². The zero-order valence-electron chi connectivity index (χ0n) is 11.3. The smallest absolute Gasteiger partial charge is 0.406 e. The molecule has 1 N–H and O–H groups in total. The summed E-state index contributed by atoms with van der Waals surface area (Å²) >= 11 is 0. The molecule has 0 aromatic rings. The van der Waals surface area contributed by atoms with E-state index in [0.29, 0.717) is 23.6 Å². The van der Waals surface area contributed by atoms with E-state index in [4.69, 9.17) is 0 Å². The van der Waals surface area contributed by atoms with E-state index in [0.717, 1.165) is 12.7 Å². The first-order valence-corrected chi connectivity index (χ1v) is 6.06. The summed E-state index contributed by atoms with van der Waals surface area (Å²) in [6.45, 7) is 0.826. The molecule has 1 aliphatic heterocycles. The molecule has 0 bridgehead atoms. The third kappa shape index (κ3) is 4.84. The summed E-state index contributed by atoms with van der Waals surface area (Å²) in [5.41, 5.74) is 1.10. The third-order valence-electron chi connectivity index (χ3n) is 3.00. The minimum absolute atomic E-state index is 0.265. The van der Waals surface area contributed by atoms with Crippen molar-refractivity contribution in [2.45, 2.75) is 19.5 Å². The molecule has 1 heterocycles. The van der Waals surface area contributed by atoms with Crippen molar-refractivity contribution < 1.29 is 27.5 Å².